The van der Waals surface area contributed by atoms with Crippen molar-refractivity contribution in [2.75, 3.05) is 12.1 Å². The second-order valence-corrected chi connectivity index (χ2v) is 5.71. The number of anilines is 1. The summed E-state index contributed by atoms with van der Waals surface area (Å²) < 4.78 is 16.1. The van der Waals surface area contributed by atoms with Crippen LogP contribution in [0.1, 0.15) is 6.92 Å². The highest BCUT2D eigenvalue weighted by molar-refractivity contribution is 6.42. The Labute approximate surface area is 143 Å². The Bertz CT molecular complexity index is 751. The molecule has 0 saturated carbocycles. The summed E-state index contributed by atoms with van der Waals surface area (Å²) in [5.74, 6) is 1.47. The Morgan fingerprint density at radius 3 is 2.70 bits per heavy atom. The average Bonchev–Trinajstić information content (AvgIpc) is 2.98. The van der Waals surface area contributed by atoms with Crippen molar-refractivity contribution in [1.82, 2.24) is 0 Å². The second kappa shape index (κ2) is 6.56. The summed E-state index contributed by atoms with van der Waals surface area (Å²) in [7, 11) is 0. The van der Waals surface area contributed by atoms with Gasteiger partial charge >= 0.3 is 0 Å². The summed E-state index contributed by atoms with van der Waals surface area (Å²) in [6.07, 6.45) is -0.704. The first-order chi connectivity index (χ1) is 11.0. The molecule has 2 aromatic carbocycles. The molecule has 120 valence electrons. The Morgan fingerprint density at radius 1 is 1.13 bits per heavy atom. The summed E-state index contributed by atoms with van der Waals surface area (Å²) in [6, 6.07) is 10.0. The van der Waals surface area contributed by atoms with E-state index in [2.05, 4.69) is 5.32 Å². The summed E-state index contributed by atoms with van der Waals surface area (Å²) >= 11 is 11.8. The van der Waals surface area contributed by atoms with Gasteiger partial charge in [0.2, 0.25) is 6.79 Å². The SMILES string of the molecule is CC(Oc1ccc2c(c1)OCO2)C(=O)Nc1ccc(Cl)c(Cl)c1. The van der Waals surface area contributed by atoms with Crippen LogP contribution in [-0.4, -0.2) is 18.8 Å². The van der Waals surface area contributed by atoms with Gasteiger partial charge in [-0.05, 0) is 37.3 Å². The van der Waals surface area contributed by atoms with Gasteiger partial charge in [-0.2, -0.15) is 0 Å². The Hall–Kier alpha value is -2.11. The van der Waals surface area contributed by atoms with Crippen molar-refractivity contribution < 1.29 is 19.0 Å². The van der Waals surface area contributed by atoms with Gasteiger partial charge in [0, 0.05) is 11.8 Å². The van der Waals surface area contributed by atoms with E-state index in [1.807, 2.05) is 0 Å². The number of carbonyl (C=O) groups is 1. The molecule has 23 heavy (non-hydrogen) atoms. The van der Waals surface area contributed by atoms with Crippen LogP contribution in [0, 0.1) is 0 Å². The van der Waals surface area contributed by atoms with Crippen molar-refractivity contribution in [3.63, 3.8) is 0 Å². The van der Waals surface area contributed by atoms with E-state index in [-0.39, 0.29) is 12.7 Å². The lowest BCUT2D eigenvalue weighted by Crippen LogP contribution is -2.30. The number of halogens is 2. The fourth-order valence-electron chi connectivity index (χ4n) is 2.03. The first kappa shape index (κ1) is 15.8. The predicted molar refractivity (Wildman–Crippen MR) is 87.7 cm³/mol. The minimum absolute atomic E-state index is 0.187. The molecule has 1 atom stereocenters. The number of rotatable bonds is 4. The van der Waals surface area contributed by atoms with Crippen molar-refractivity contribution in [1.29, 1.82) is 0 Å². The summed E-state index contributed by atoms with van der Waals surface area (Å²) in [6.45, 7) is 1.84. The summed E-state index contributed by atoms with van der Waals surface area (Å²) in [5.41, 5.74) is 0.547. The fourth-order valence-corrected chi connectivity index (χ4v) is 2.32. The zero-order valence-electron chi connectivity index (χ0n) is 12.1. The number of amides is 1. The van der Waals surface area contributed by atoms with E-state index < -0.39 is 6.10 Å². The molecule has 1 heterocycles. The molecule has 0 spiro atoms. The monoisotopic (exact) mass is 353 g/mol. The Morgan fingerprint density at radius 2 is 1.91 bits per heavy atom. The maximum Gasteiger partial charge on any atom is 0.265 e. The molecular weight excluding hydrogens is 341 g/mol. The molecule has 0 bridgehead atoms. The third-order valence-electron chi connectivity index (χ3n) is 3.21. The highest BCUT2D eigenvalue weighted by Crippen LogP contribution is 2.35. The molecule has 1 aliphatic rings. The number of hydrogen-bond donors (Lipinski definition) is 1. The zero-order chi connectivity index (χ0) is 16.4. The molecule has 1 aliphatic heterocycles. The van der Waals surface area contributed by atoms with Crippen molar-refractivity contribution in [2.24, 2.45) is 0 Å². The maximum absolute atomic E-state index is 12.2. The molecule has 1 N–H and O–H groups in total. The molecule has 0 fully saturated rings. The largest absolute Gasteiger partial charge is 0.481 e. The van der Waals surface area contributed by atoms with E-state index in [9.17, 15) is 4.79 Å². The van der Waals surface area contributed by atoms with Crippen LogP contribution in [0.4, 0.5) is 5.69 Å². The van der Waals surface area contributed by atoms with E-state index >= 15 is 0 Å². The first-order valence-electron chi connectivity index (χ1n) is 6.85. The molecule has 2 aromatic rings. The van der Waals surface area contributed by atoms with E-state index in [0.29, 0.717) is 33.0 Å². The smallest absolute Gasteiger partial charge is 0.265 e. The molecule has 0 aliphatic carbocycles. The van der Waals surface area contributed by atoms with Crippen LogP contribution >= 0.6 is 23.2 Å². The van der Waals surface area contributed by atoms with Gasteiger partial charge in [-0.15, -0.1) is 0 Å². The molecule has 0 saturated heterocycles. The van der Waals surface area contributed by atoms with Gasteiger partial charge in [0.1, 0.15) is 5.75 Å². The predicted octanol–water partition coefficient (Wildman–Crippen LogP) is 4.13. The van der Waals surface area contributed by atoms with Gasteiger partial charge in [-0.3, -0.25) is 4.79 Å². The van der Waals surface area contributed by atoms with E-state index in [1.54, 1.807) is 43.3 Å². The number of ether oxygens (including phenoxy) is 3. The third-order valence-corrected chi connectivity index (χ3v) is 3.95. The Balaban J connectivity index is 1.64. The number of nitrogens with one attached hydrogen (secondary N) is 1. The quantitative estimate of drug-likeness (QED) is 0.897. The lowest BCUT2D eigenvalue weighted by Gasteiger charge is -2.15. The normalized spacial score (nSPS) is 13.5. The minimum Gasteiger partial charge on any atom is -0.481 e. The molecule has 0 radical (unpaired) electrons. The highest BCUT2D eigenvalue weighted by atomic mass is 35.5. The first-order valence-corrected chi connectivity index (χ1v) is 7.61. The van der Waals surface area contributed by atoms with Crippen LogP contribution in [0.5, 0.6) is 17.2 Å². The van der Waals surface area contributed by atoms with Crippen LogP contribution in [0.2, 0.25) is 10.0 Å². The Kier molecular flexibility index (Phi) is 4.50. The number of fused-ring (bicyclic) bond motifs is 1. The van der Waals surface area contributed by atoms with Crippen LogP contribution in [0.3, 0.4) is 0 Å². The molecule has 1 amide bonds. The van der Waals surface area contributed by atoms with Crippen LogP contribution in [-0.2, 0) is 4.79 Å². The number of carbonyl (C=O) groups excluding carboxylic acids is 1. The molecule has 1 unspecified atom stereocenters. The zero-order valence-corrected chi connectivity index (χ0v) is 13.6. The van der Waals surface area contributed by atoms with Crippen molar-refractivity contribution in [3.8, 4) is 17.2 Å². The standard InChI is InChI=1S/C16H13Cl2NO4/c1-9(16(20)19-10-2-4-12(17)13(18)6-10)23-11-3-5-14-15(7-11)22-8-21-14/h2-7,9H,8H2,1H3,(H,19,20). The van der Waals surface area contributed by atoms with Crippen LogP contribution in [0.25, 0.3) is 0 Å². The van der Waals surface area contributed by atoms with E-state index in [0.717, 1.165) is 0 Å². The number of benzene rings is 2. The van der Waals surface area contributed by atoms with Gasteiger partial charge in [-0.25, -0.2) is 0 Å². The van der Waals surface area contributed by atoms with Gasteiger partial charge in [0.05, 0.1) is 10.0 Å². The number of hydrogen-bond acceptors (Lipinski definition) is 4. The molecular formula is C16H13Cl2NO4. The van der Waals surface area contributed by atoms with Crippen LogP contribution < -0.4 is 19.5 Å². The second-order valence-electron chi connectivity index (χ2n) is 4.89. The lowest BCUT2D eigenvalue weighted by molar-refractivity contribution is -0.122. The fraction of sp³-hybridized carbons (Fsp3) is 0.188. The van der Waals surface area contributed by atoms with Crippen molar-refractivity contribution in [3.05, 3.63) is 46.4 Å². The van der Waals surface area contributed by atoms with Gasteiger partial charge in [0.15, 0.2) is 17.6 Å². The van der Waals surface area contributed by atoms with Gasteiger partial charge < -0.3 is 19.5 Å². The van der Waals surface area contributed by atoms with Gasteiger partial charge in [0.25, 0.3) is 5.91 Å². The minimum atomic E-state index is -0.704. The van der Waals surface area contributed by atoms with E-state index in [4.69, 9.17) is 37.4 Å². The summed E-state index contributed by atoms with van der Waals surface area (Å²) in [5, 5.41) is 3.51. The lowest BCUT2D eigenvalue weighted by atomic mass is 10.2. The topological polar surface area (TPSA) is 56.8 Å². The highest BCUT2D eigenvalue weighted by Gasteiger charge is 2.18. The van der Waals surface area contributed by atoms with Gasteiger partial charge in [-0.1, -0.05) is 23.2 Å². The molecule has 7 heteroatoms. The van der Waals surface area contributed by atoms with Crippen molar-refractivity contribution in [2.45, 2.75) is 13.0 Å². The van der Waals surface area contributed by atoms with Crippen molar-refractivity contribution >= 4 is 34.8 Å². The van der Waals surface area contributed by atoms with Crippen LogP contribution in [0.15, 0.2) is 36.4 Å². The molecule has 0 aromatic heterocycles. The molecule has 3 rings (SSSR count). The molecule has 5 nitrogen and oxygen atoms in total. The average molecular weight is 354 g/mol. The van der Waals surface area contributed by atoms with E-state index in [1.165, 1.54) is 0 Å². The summed E-state index contributed by atoms with van der Waals surface area (Å²) in [4.78, 5) is 12.2. The third kappa shape index (κ3) is 3.63. The maximum atomic E-state index is 12.2.